The minimum absolute atomic E-state index is 0.620. The molecule has 0 N–H and O–H groups in total. The van der Waals surface area contributed by atoms with Crippen LogP contribution in [0.2, 0.25) is 0 Å². The zero-order valence-electron chi connectivity index (χ0n) is 14.7. The first-order valence-electron chi connectivity index (χ1n) is 8.64. The molecule has 0 aliphatic heterocycles. The number of aromatic nitrogens is 3. The highest BCUT2D eigenvalue weighted by Crippen LogP contribution is 2.21. The van der Waals surface area contributed by atoms with Crippen LogP contribution in [-0.2, 0) is 6.54 Å². The molecular weight excluding hydrogens is 326 g/mol. The van der Waals surface area contributed by atoms with Gasteiger partial charge in [0.2, 0.25) is 0 Å². The van der Waals surface area contributed by atoms with Crippen LogP contribution in [-0.4, -0.2) is 21.5 Å². The molecule has 3 rings (SSSR count). The number of hydrogen-bond acceptors (Lipinski definition) is 5. The summed E-state index contributed by atoms with van der Waals surface area (Å²) in [6.07, 6.45) is 5.46. The van der Waals surface area contributed by atoms with E-state index in [1.165, 1.54) is 0 Å². The minimum Gasteiger partial charge on any atom is -0.494 e. The molecule has 1 aromatic heterocycles. The van der Waals surface area contributed by atoms with Crippen LogP contribution in [0.4, 0.5) is 5.69 Å². The number of hydrogen-bond donors (Lipinski definition) is 0. The minimum atomic E-state index is 0.620. The van der Waals surface area contributed by atoms with Crippen molar-refractivity contribution < 1.29 is 4.74 Å². The molecule has 0 amide bonds. The van der Waals surface area contributed by atoms with Crippen LogP contribution >= 0.6 is 0 Å². The molecule has 0 unspecified atom stereocenters. The number of rotatable bonds is 8. The number of benzene rings is 2. The number of nitrogens with zero attached hydrogens (tertiary/aromatic N) is 5. The van der Waals surface area contributed by atoms with Crippen molar-refractivity contribution in [3.8, 4) is 11.8 Å². The van der Waals surface area contributed by atoms with Gasteiger partial charge in [-0.25, -0.2) is 4.68 Å². The molecule has 0 radical (unpaired) electrons. The third-order valence-electron chi connectivity index (χ3n) is 3.98. The van der Waals surface area contributed by atoms with Crippen molar-refractivity contribution in [2.75, 3.05) is 11.6 Å². The van der Waals surface area contributed by atoms with E-state index >= 15 is 0 Å². The predicted octanol–water partition coefficient (Wildman–Crippen LogP) is 3.80. The van der Waals surface area contributed by atoms with E-state index in [2.05, 4.69) is 35.3 Å². The topological polar surface area (TPSA) is 67.0 Å². The molecule has 132 valence electrons. The molecule has 0 atom stereocenters. The molecule has 0 saturated carbocycles. The van der Waals surface area contributed by atoms with Crippen LogP contribution < -0.4 is 9.75 Å². The van der Waals surface area contributed by atoms with E-state index in [-0.39, 0.29) is 0 Å². The second-order valence-electron chi connectivity index (χ2n) is 5.91. The number of nitriles is 1. The zero-order valence-corrected chi connectivity index (χ0v) is 14.7. The summed E-state index contributed by atoms with van der Waals surface area (Å²) in [6, 6.07) is 17.7. The normalized spacial score (nSPS) is 10.3. The summed E-state index contributed by atoms with van der Waals surface area (Å²) in [4.78, 5) is 0. The van der Waals surface area contributed by atoms with Crippen LogP contribution in [0, 0.1) is 11.3 Å². The van der Waals surface area contributed by atoms with Crippen LogP contribution in [0.5, 0.6) is 5.75 Å². The Morgan fingerprint density at radius 1 is 1.12 bits per heavy atom. The molecule has 0 bridgehead atoms. The van der Waals surface area contributed by atoms with Gasteiger partial charge < -0.3 is 4.74 Å². The molecule has 26 heavy (non-hydrogen) atoms. The maximum atomic E-state index is 9.00. The van der Waals surface area contributed by atoms with Crippen molar-refractivity contribution >= 4 is 5.69 Å². The van der Waals surface area contributed by atoms with Gasteiger partial charge in [-0.3, -0.25) is 5.01 Å². The van der Waals surface area contributed by atoms with Gasteiger partial charge in [-0.05, 0) is 48.4 Å². The largest absolute Gasteiger partial charge is 0.494 e. The van der Waals surface area contributed by atoms with Crippen molar-refractivity contribution in [1.82, 2.24) is 14.9 Å². The quantitative estimate of drug-likeness (QED) is 0.580. The lowest BCUT2D eigenvalue weighted by Crippen LogP contribution is -2.27. The Bertz CT molecular complexity index is 853. The maximum Gasteiger partial charge on any atom is 0.139 e. The van der Waals surface area contributed by atoms with Gasteiger partial charge in [0, 0.05) is 0 Å². The van der Waals surface area contributed by atoms with Crippen LogP contribution in [0.15, 0.2) is 61.2 Å². The van der Waals surface area contributed by atoms with Crippen LogP contribution in [0.25, 0.3) is 0 Å². The summed E-state index contributed by atoms with van der Waals surface area (Å²) in [7, 11) is 0. The zero-order chi connectivity index (χ0) is 18.2. The Morgan fingerprint density at radius 2 is 1.88 bits per heavy atom. The predicted molar refractivity (Wildman–Crippen MR) is 99.6 cm³/mol. The van der Waals surface area contributed by atoms with Gasteiger partial charge in [-0.15, -0.1) is 10.2 Å². The molecule has 0 saturated heterocycles. The Labute approximate surface area is 153 Å². The summed E-state index contributed by atoms with van der Waals surface area (Å²) >= 11 is 0. The maximum absolute atomic E-state index is 9.00. The molecule has 0 aliphatic rings. The molecule has 6 heteroatoms. The Morgan fingerprint density at radius 3 is 2.58 bits per heavy atom. The van der Waals surface area contributed by atoms with Gasteiger partial charge in [0.1, 0.15) is 18.4 Å². The van der Waals surface area contributed by atoms with Gasteiger partial charge in [0.15, 0.2) is 0 Å². The lowest BCUT2D eigenvalue weighted by molar-refractivity contribution is 0.309. The van der Waals surface area contributed by atoms with E-state index in [1.807, 2.05) is 34.0 Å². The summed E-state index contributed by atoms with van der Waals surface area (Å²) in [5.41, 5.74) is 2.68. The highest BCUT2D eigenvalue weighted by Gasteiger charge is 2.11. The molecule has 6 nitrogen and oxygen atoms in total. The Kier molecular flexibility index (Phi) is 5.84. The molecule has 1 heterocycles. The summed E-state index contributed by atoms with van der Waals surface area (Å²) < 4.78 is 7.63. The molecule has 0 spiro atoms. The fourth-order valence-electron chi connectivity index (χ4n) is 2.58. The molecule has 0 aliphatic carbocycles. The summed E-state index contributed by atoms with van der Waals surface area (Å²) in [6.45, 7) is 3.49. The number of ether oxygens (including phenoxy) is 1. The average Bonchev–Trinajstić information content (AvgIpc) is 3.21. The van der Waals surface area contributed by atoms with Crippen molar-refractivity contribution in [2.45, 2.75) is 26.3 Å². The molecule has 2 aromatic carbocycles. The Balaban J connectivity index is 1.82. The highest BCUT2D eigenvalue weighted by atomic mass is 16.5. The highest BCUT2D eigenvalue weighted by molar-refractivity contribution is 5.50. The van der Waals surface area contributed by atoms with E-state index in [0.717, 1.165) is 36.4 Å². The summed E-state index contributed by atoms with van der Waals surface area (Å²) in [5.74, 6) is 0.875. The SMILES string of the molecule is CCCCOc1cccc(CN(c2ccc(C#N)cc2)n2cnnc2)c1. The van der Waals surface area contributed by atoms with Gasteiger partial charge in [0.05, 0.1) is 30.5 Å². The molecule has 0 fully saturated rings. The lowest BCUT2D eigenvalue weighted by atomic mass is 10.2. The van der Waals surface area contributed by atoms with E-state index < -0.39 is 0 Å². The van der Waals surface area contributed by atoms with E-state index in [0.29, 0.717) is 12.1 Å². The molecular formula is C20H21N5O. The van der Waals surface area contributed by atoms with Crippen molar-refractivity contribution in [1.29, 1.82) is 5.26 Å². The Hall–Kier alpha value is -3.33. The van der Waals surface area contributed by atoms with Crippen LogP contribution in [0.1, 0.15) is 30.9 Å². The third kappa shape index (κ3) is 4.39. The second-order valence-corrected chi connectivity index (χ2v) is 5.91. The van der Waals surface area contributed by atoms with E-state index in [4.69, 9.17) is 10.00 Å². The van der Waals surface area contributed by atoms with Gasteiger partial charge in [-0.2, -0.15) is 5.26 Å². The standard InChI is InChI=1S/C20H21N5O/c1-2-3-11-26-20-6-4-5-18(12-20)14-25(24-15-22-23-16-24)19-9-7-17(13-21)8-10-19/h4-10,12,15-16H,2-3,11,14H2,1H3. The van der Waals surface area contributed by atoms with Gasteiger partial charge >= 0.3 is 0 Å². The monoisotopic (exact) mass is 347 g/mol. The van der Waals surface area contributed by atoms with Gasteiger partial charge in [0.25, 0.3) is 0 Å². The first kappa shape index (κ1) is 17.5. The van der Waals surface area contributed by atoms with E-state index in [1.54, 1.807) is 24.8 Å². The first-order chi connectivity index (χ1) is 12.8. The number of unbranched alkanes of at least 4 members (excludes halogenated alkanes) is 1. The third-order valence-corrected chi connectivity index (χ3v) is 3.98. The smallest absolute Gasteiger partial charge is 0.139 e. The van der Waals surface area contributed by atoms with E-state index in [9.17, 15) is 0 Å². The van der Waals surface area contributed by atoms with Crippen LogP contribution in [0.3, 0.4) is 0 Å². The first-order valence-corrected chi connectivity index (χ1v) is 8.64. The molecule has 3 aromatic rings. The van der Waals surface area contributed by atoms with Gasteiger partial charge in [-0.1, -0.05) is 25.5 Å². The fourth-order valence-corrected chi connectivity index (χ4v) is 2.58. The average molecular weight is 347 g/mol. The fraction of sp³-hybridized carbons (Fsp3) is 0.250. The summed E-state index contributed by atoms with van der Waals surface area (Å²) in [5, 5.41) is 18.8. The number of anilines is 1. The van der Waals surface area contributed by atoms with Crippen molar-refractivity contribution in [3.63, 3.8) is 0 Å². The van der Waals surface area contributed by atoms with Crippen molar-refractivity contribution in [3.05, 3.63) is 72.3 Å². The lowest BCUT2D eigenvalue weighted by Gasteiger charge is -2.25. The van der Waals surface area contributed by atoms with Crippen molar-refractivity contribution in [2.24, 2.45) is 0 Å². The second kappa shape index (κ2) is 8.67.